The Balaban J connectivity index is 2.29. The Bertz CT molecular complexity index is 974. The molecular weight excluding hydrogens is 355 g/mol. The quantitative estimate of drug-likeness (QED) is 0.341. The first-order valence-electron chi connectivity index (χ1n) is 8.11. The molecule has 0 amide bonds. The molecule has 6 heteroatoms. The van der Waals surface area contributed by atoms with E-state index in [2.05, 4.69) is 13.5 Å². The predicted molar refractivity (Wildman–Crippen MR) is 105 cm³/mol. The molecule has 3 rings (SSSR count). The van der Waals surface area contributed by atoms with Gasteiger partial charge < -0.3 is 0 Å². The maximum absolute atomic E-state index is 13.3. The number of hydrogen-bond donors (Lipinski definition) is 0. The van der Waals surface area contributed by atoms with Crippen molar-refractivity contribution in [3.05, 3.63) is 63.5 Å². The van der Waals surface area contributed by atoms with Gasteiger partial charge in [-0.15, -0.1) is 17.9 Å². The van der Waals surface area contributed by atoms with Crippen LogP contribution in [0.25, 0.3) is 15.9 Å². The predicted octanol–water partition coefficient (Wildman–Crippen LogP) is 5.13. The molecule has 0 aliphatic carbocycles. The van der Waals surface area contributed by atoms with Gasteiger partial charge in [0.1, 0.15) is 10.6 Å². The molecule has 1 aromatic carbocycles. The number of thiophene rings is 1. The van der Waals surface area contributed by atoms with E-state index < -0.39 is 0 Å². The van der Waals surface area contributed by atoms with Gasteiger partial charge >= 0.3 is 0 Å². The Kier molecular flexibility index (Phi) is 5.39. The summed E-state index contributed by atoms with van der Waals surface area (Å²) < 4.78 is 14.9. The number of nitrogens with zero attached hydrogens (tertiary/aromatic N) is 2. The van der Waals surface area contributed by atoms with Crippen molar-refractivity contribution in [2.24, 2.45) is 0 Å². The molecule has 0 bridgehead atoms. The summed E-state index contributed by atoms with van der Waals surface area (Å²) in [6.45, 7) is 7.84. The van der Waals surface area contributed by atoms with Gasteiger partial charge in [0.15, 0.2) is 5.16 Å². The Hall–Kier alpha value is -1.92. The largest absolute Gasteiger partial charge is 0.268 e. The highest BCUT2D eigenvalue weighted by Crippen LogP contribution is 2.31. The monoisotopic (exact) mass is 374 g/mol. The van der Waals surface area contributed by atoms with Gasteiger partial charge in [-0.05, 0) is 43.2 Å². The van der Waals surface area contributed by atoms with Crippen LogP contribution in [0.1, 0.15) is 23.8 Å². The highest BCUT2D eigenvalue weighted by molar-refractivity contribution is 7.99. The molecule has 25 heavy (non-hydrogen) atoms. The number of fused-ring (bicyclic) bond motifs is 1. The molecule has 0 aliphatic heterocycles. The molecular formula is C19H19FN2OS2. The van der Waals surface area contributed by atoms with Gasteiger partial charge in [0.2, 0.25) is 0 Å². The van der Waals surface area contributed by atoms with E-state index in [4.69, 9.17) is 4.98 Å². The van der Waals surface area contributed by atoms with Crippen LogP contribution in [0.2, 0.25) is 0 Å². The van der Waals surface area contributed by atoms with Crippen LogP contribution in [-0.2, 0) is 6.42 Å². The summed E-state index contributed by atoms with van der Waals surface area (Å²) >= 11 is 3.04. The Morgan fingerprint density at radius 1 is 1.36 bits per heavy atom. The Labute approximate surface area is 154 Å². The van der Waals surface area contributed by atoms with Crippen molar-refractivity contribution in [3.63, 3.8) is 0 Å². The molecule has 0 N–H and O–H groups in total. The number of aryl methyl sites for hydroxylation is 2. The molecule has 130 valence electrons. The summed E-state index contributed by atoms with van der Waals surface area (Å²) in [7, 11) is 0. The van der Waals surface area contributed by atoms with Crippen molar-refractivity contribution in [2.45, 2.75) is 31.8 Å². The van der Waals surface area contributed by atoms with Crippen molar-refractivity contribution < 1.29 is 4.39 Å². The van der Waals surface area contributed by atoms with Crippen LogP contribution in [-0.4, -0.2) is 15.3 Å². The normalized spacial score (nSPS) is 11.2. The van der Waals surface area contributed by atoms with Gasteiger partial charge in [0, 0.05) is 10.6 Å². The second-order valence-electron chi connectivity index (χ2n) is 5.69. The summed E-state index contributed by atoms with van der Waals surface area (Å²) in [6.07, 6.45) is 3.74. The lowest BCUT2D eigenvalue weighted by atomic mass is 10.1. The first kappa shape index (κ1) is 17.9. The lowest BCUT2D eigenvalue weighted by Crippen LogP contribution is -2.21. The van der Waals surface area contributed by atoms with Crippen molar-refractivity contribution in [2.75, 3.05) is 5.75 Å². The average molecular weight is 375 g/mol. The van der Waals surface area contributed by atoms with Gasteiger partial charge in [0.25, 0.3) is 5.56 Å². The molecule has 2 heterocycles. The van der Waals surface area contributed by atoms with Crippen LogP contribution in [0.3, 0.4) is 0 Å². The van der Waals surface area contributed by atoms with E-state index in [1.165, 1.54) is 28.8 Å². The third-order valence-corrected chi connectivity index (χ3v) is 6.10. The zero-order chi connectivity index (χ0) is 18.0. The fourth-order valence-electron chi connectivity index (χ4n) is 2.72. The summed E-state index contributed by atoms with van der Waals surface area (Å²) in [5.74, 6) is 0.314. The van der Waals surface area contributed by atoms with Crippen LogP contribution in [0.4, 0.5) is 4.39 Å². The number of rotatable bonds is 6. The summed E-state index contributed by atoms with van der Waals surface area (Å²) in [5.41, 5.74) is 1.53. The summed E-state index contributed by atoms with van der Waals surface area (Å²) in [5, 5.41) is 1.27. The zero-order valence-corrected chi connectivity index (χ0v) is 15.8. The molecule has 0 radical (unpaired) electrons. The smallest absolute Gasteiger partial charge is 0.267 e. The van der Waals surface area contributed by atoms with Gasteiger partial charge in [-0.25, -0.2) is 9.37 Å². The molecule has 3 nitrogen and oxygen atoms in total. The first-order chi connectivity index (χ1) is 12.1. The maximum atomic E-state index is 13.3. The second-order valence-corrected chi connectivity index (χ2v) is 7.76. The third kappa shape index (κ3) is 3.41. The van der Waals surface area contributed by atoms with Gasteiger partial charge in [0.05, 0.1) is 11.1 Å². The maximum Gasteiger partial charge on any atom is 0.267 e. The van der Waals surface area contributed by atoms with E-state index in [1.807, 2.05) is 6.92 Å². The molecule has 0 saturated heterocycles. The molecule has 0 fully saturated rings. The lowest BCUT2D eigenvalue weighted by molar-refractivity contribution is 0.627. The average Bonchev–Trinajstić information content (AvgIpc) is 2.91. The SMILES string of the molecule is C=CCSc1nc2sc(CCC)c(C)c2c(=O)n1-c1ccc(F)cc1. The number of hydrogen-bond acceptors (Lipinski definition) is 4. The van der Waals surface area contributed by atoms with Crippen LogP contribution in [0, 0.1) is 12.7 Å². The molecule has 0 unspecified atom stereocenters. The zero-order valence-electron chi connectivity index (χ0n) is 14.2. The second kappa shape index (κ2) is 7.54. The van der Waals surface area contributed by atoms with Crippen LogP contribution in [0.15, 0.2) is 46.9 Å². The molecule has 3 aromatic rings. The molecule has 0 atom stereocenters. The molecule has 0 saturated carbocycles. The first-order valence-corrected chi connectivity index (χ1v) is 9.91. The summed E-state index contributed by atoms with van der Waals surface area (Å²) in [6, 6.07) is 5.93. The number of thioether (sulfide) groups is 1. The van der Waals surface area contributed by atoms with Crippen molar-refractivity contribution in [1.29, 1.82) is 0 Å². The van der Waals surface area contributed by atoms with Crippen LogP contribution in [0.5, 0.6) is 0 Å². The van der Waals surface area contributed by atoms with Crippen molar-refractivity contribution in [1.82, 2.24) is 9.55 Å². The number of aromatic nitrogens is 2. The lowest BCUT2D eigenvalue weighted by Gasteiger charge is -2.11. The molecule has 0 spiro atoms. The number of benzene rings is 1. The Morgan fingerprint density at radius 2 is 2.08 bits per heavy atom. The molecule has 0 aliphatic rings. The van der Waals surface area contributed by atoms with E-state index in [9.17, 15) is 9.18 Å². The molecule has 2 aromatic heterocycles. The van der Waals surface area contributed by atoms with Crippen LogP contribution < -0.4 is 5.56 Å². The van der Waals surface area contributed by atoms with E-state index in [1.54, 1.807) is 34.1 Å². The van der Waals surface area contributed by atoms with E-state index in [0.717, 1.165) is 23.2 Å². The van der Waals surface area contributed by atoms with Gasteiger partial charge in [-0.1, -0.05) is 31.2 Å². The summed E-state index contributed by atoms with van der Waals surface area (Å²) in [4.78, 5) is 20.0. The Morgan fingerprint density at radius 3 is 2.72 bits per heavy atom. The van der Waals surface area contributed by atoms with E-state index in [-0.39, 0.29) is 11.4 Å². The minimum atomic E-state index is -0.330. The fraction of sp³-hybridized carbons (Fsp3) is 0.263. The van der Waals surface area contributed by atoms with E-state index >= 15 is 0 Å². The number of halogens is 1. The van der Waals surface area contributed by atoms with Gasteiger partial charge in [-0.3, -0.25) is 9.36 Å². The van der Waals surface area contributed by atoms with Crippen LogP contribution >= 0.6 is 23.1 Å². The standard InChI is InChI=1S/C19H19FN2OS2/c1-4-6-15-12(3)16-17(25-15)21-19(24-11-5-2)22(18(16)23)14-9-7-13(20)8-10-14/h5,7-10H,2,4,6,11H2,1,3H3. The van der Waals surface area contributed by atoms with E-state index in [0.29, 0.717) is 22.0 Å². The third-order valence-electron chi connectivity index (χ3n) is 3.92. The fourth-order valence-corrected chi connectivity index (χ4v) is 4.79. The topological polar surface area (TPSA) is 34.9 Å². The minimum Gasteiger partial charge on any atom is -0.268 e. The minimum absolute atomic E-state index is 0.0979. The highest BCUT2D eigenvalue weighted by atomic mass is 32.2. The van der Waals surface area contributed by atoms with Gasteiger partial charge in [-0.2, -0.15) is 0 Å². The van der Waals surface area contributed by atoms with Crippen molar-refractivity contribution >= 4 is 33.3 Å². The highest BCUT2D eigenvalue weighted by Gasteiger charge is 2.18. The van der Waals surface area contributed by atoms with Crippen molar-refractivity contribution in [3.8, 4) is 5.69 Å².